The van der Waals surface area contributed by atoms with Gasteiger partial charge >= 0.3 is 0 Å². The molecule has 0 saturated heterocycles. The zero-order chi connectivity index (χ0) is 9.42. The number of rotatable bonds is 1. The highest BCUT2D eigenvalue weighted by molar-refractivity contribution is 5.43. The van der Waals surface area contributed by atoms with Gasteiger partial charge in [-0.05, 0) is 43.8 Å². The molecule has 0 bridgehead atoms. The van der Waals surface area contributed by atoms with Crippen LogP contribution in [0, 0.1) is 5.92 Å². The molecular formula is C10H16N2O. The summed E-state index contributed by atoms with van der Waals surface area (Å²) in [6, 6.07) is 0. The second-order valence-corrected chi connectivity index (χ2v) is 3.91. The van der Waals surface area contributed by atoms with Gasteiger partial charge in [-0.25, -0.2) is 0 Å². The summed E-state index contributed by atoms with van der Waals surface area (Å²) in [7, 11) is 0. The van der Waals surface area contributed by atoms with Crippen LogP contribution in [-0.4, -0.2) is 11.7 Å². The van der Waals surface area contributed by atoms with E-state index in [1.165, 1.54) is 22.5 Å². The van der Waals surface area contributed by atoms with E-state index in [9.17, 15) is 0 Å². The van der Waals surface area contributed by atoms with Crippen LogP contribution in [0.2, 0.25) is 0 Å². The summed E-state index contributed by atoms with van der Waals surface area (Å²) in [6.07, 6.45) is 2.04. The van der Waals surface area contributed by atoms with Crippen LogP contribution in [0.1, 0.15) is 26.7 Å². The maximum atomic E-state index is 9.10. The summed E-state index contributed by atoms with van der Waals surface area (Å²) in [5, 5.41) is 9.10. The van der Waals surface area contributed by atoms with Gasteiger partial charge in [0.15, 0.2) is 0 Å². The minimum atomic E-state index is 0.299. The fourth-order valence-corrected chi connectivity index (χ4v) is 2.12. The second-order valence-electron chi connectivity index (χ2n) is 3.91. The quantitative estimate of drug-likeness (QED) is 0.565. The Morgan fingerprint density at radius 2 is 1.62 bits per heavy atom. The molecule has 2 aliphatic rings. The van der Waals surface area contributed by atoms with Crippen molar-refractivity contribution < 1.29 is 5.11 Å². The van der Waals surface area contributed by atoms with Crippen molar-refractivity contribution in [2.75, 3.05) is 6.61 Å². The summed E-state index contributed by atoms with van der Waals surface area (Å²) in [6.45, 7) is 4.45. The highest BCUT2D eigenvalue weighted by atomic mass is 16.3. The Labute approximate surface area is 78.5 Å². The van der Waals surface area contributed by atoms with E-state index in [4.69, 9.17) is 5.11 Å². The fraction of sp³-hybridized carbons (Fsp3) is 0.600. The minimum Gasteiger partial charge on any atom is -0.396 e. The topological polar surface area (TPSA) is 44.3 Å². The molecule has 0 aromatic carbocycles. The second kappa shape index (κ2) is 3.07. The molecule has 72 valence electrons. The smallest absolute Gasteiger partial charge is 0.0465 e. The summed E-state index contributed by atoms with van der Waals surface area (Å²) < 4.78 is 0. The fourth-order valence-electron chi connectivity index (χ4n) is 2.12. The number of hydrazine groups is 1. The molecule has 0 amide bonds. The summed E-state index contributed by atoms with van der Waals surface area (Å²) in [4.78, 5) is 0. The molecule has 0 spiro atoms. The first kappa shape index (κ1) is 8.63. The third kappa shape index (κ3) is 1.33. The molecular weight excluding hydrogens is 164 g/mol. The molecule has 1 saturated carbocycles. The maximum Gasteiger partial charge on any atom is 0.0465 e. The van der Waals surface area contributed by atoms with Crippen molar-refractivity contribution in [2.45, 2.75) is 26.7 Å². The predicted octanol–water partition coefficient (Wildman–Crippen LogP) is 1.04. The van der Waals surface area contributed by atoms with E-state index >= 15 is 0 Å². The molecule has 0 aromatic heterocycles. The molecule has 1 heterocycles. The van der Waals surface area contributed by atoms with E-state index in [0.29, 0.717) is 12.5 Å². The first-order valence-electron chi connectivity index (χ1n) is 4.75. The molecule has 1 aliphatic heterocycles. The van der Waals surface area contributed by atoms with Crippen molar-refractivity contribution in [1.29, 1.82) is 0 Å². The Morgan fingerprint density at radius 1 is 1.15 bits per heavy atom. The molecule has 1 aliphatic carbocycles. The number of allylic oxidation sites excluding steroid dienone is 4. The number of aliphatic hydroxyl groups excluding tert-OH is 1. The van der Waals surface area contributed by atoms with Gasteiger partial charge in [0.1, 0.15) is 0 Å². The first-order valence-corrected chi connectivity index (χ1v) is 4.75. The zero-order valence-electron chi connectivity index (χ0n) is 8.15. The van der Waals surface area contributed by atoms with Crippen molar-refractivity contribution >= 4 is 0 Å². The standard InChI is InChI=1S/C10H16N2O/c1-6-9-3-8(5-13)4-10(9)7(2)12-11-6/h8,11-13H,3-5H2,1-2H3. The van der Waals surface area contributed by atoms with Gasteiger partial charge < -0.3 is 16.0 Å². The molecule has 0 unspecified atom stereocenters. The number of hydrogen-bond donors (Lipinski definition) is 3. The van der Waals surface area contributed by atoms with Crippen LogP contribution in [0.4, 0.5) is 0 Å². The SMILES string of the molecule is CC1=C2CC(CO)CC2=C(C)NN1. The first-order chi connectivity index (χ1) is 6.22. The molecule has 2 rings (SSSR count). The molecule has 0 atom stereocenters. The normalized spacial score (nSPS) is 23.0. The van der Waals surface area contributed by atoms with Crippen LogP contribution in [-0.2, 0) is 0 Å². The van der Waals surface area contributed by atoms with Crippen LogP contribution in [0.15, 0.2) is 22.5 Å². The number of nitrogens with one attached hydrogen (secondary N) is 2. The van der Waals surface area contributed by atoms with Crippen LogP contribution < -0.4 is 10.9 Å². The lowest BCUT2D eigenvalue weighted by Gasteiger charge is -2.21. The van der Waals surface area contributed by atoms with E-state index in [0.717, 1.165) is 12.8 Å². The van der Waals surface area contributed by atoms with Gasteiger partial charge in [0, 0.05) is 18.0 Å². The Morgan fingerprint density at radius 3 is 2.00 bits per heavy atom. The van der Waals surface area contributed by atoms with Gasteiger partial charge in [-0.1, -0.05) is 0 Å². The van der Waals surface area contributed by atoms with Crippen molar-refractivity contribution in [3.63, 3.8) is 0 Å². The van der Waals surface area contributed by atoms with E-state index in [-0.39, 0.29) is 0 Å². The number of hydrogen-bond acceptors (Lipinski definition) is 3. The van der Waals surface area contributed by atoms with Crippen molar-refractivity contribution in [2.24, 2.45) is 5.92 Å². The largest absolute Gasteiger partial charge is 0.396 e. The van der Waals surface area contributed by atoms with Gasteiger partial charge in [0.2, 0.25) is 0 Å². The van der Waals surface area contributed by atoms with E-state index < -0.39 is 0 Å². The molecule has 13 heavy (non-hydrogen) atoms. The summed E-state index contributed by atoms with van der Waals surface area (Å²) in [5.74, 6) is 0.427. The van der Waals surface area contributed by atoms with Gasteiger partial charge in [-0.2, -0.15) is 0 Å². The maximum absolute atomic E-state index is 9.10. The highest BCUT2D eigenvalue weighted by Crippen LogP contribution is 2.38. The van der Waals surface area contributed by atoms with Crippen LogP contribution >= 0.6 is 0 Å². The van der Waals surface area contributed by atoms with Gasteiger partial charge in [-0.3, -0.25) is 0 Å². The Kier molecular flexibility index (Phi) is 2.04. The molecule has 3 heteroatoms. The molecule has 3 N–H and O–H groups in total. The van der Waals surface area contributed by atoms with Gasteiger partial charge in [-0.15, -0.1) is 0 Å². The number of fused-ring (bicyclic) bond motifs is 1. The van der Waals surface area contributed by atoms with Gasteiger partial charge in [0.25, 0.3) is 0 Å². The Hall–Kier alpha value is -0.960. The molecule has 3 nitrogen and oxygen atoms in total. The van der Waals surface area contributed by atoms with Crippen LogP contribution in [0.5, 0.6) is 0 Å². The lowest BCUT2D eigenvalue weighted by atomic mass is 10.1. The van der Waals surface area contributed by atoms with E-state index in [1.54, 1.807) is 0 Å². The third-order valence-corrected chi connectivity index (χ3v) is 2.95. The Bertz CT molecular complexity index is 263. The summed E-state index contributed by atoms with van der Waals surface area (Å²) in [5.41, 5.74) is 11.5. The van der Waals surface area contributed by atoms with E-state index in [1.807, 2.05) is 0 Å². The predicted molar refractivity (Wildman–Crippen MR) is 51.5 cm³/mol. The molecule has 0 radical (unpaired) electrons. The molecule has 1 fully saturated rings. The lowest BCUT2D eigenvalue weighted by Crippen LogP contribution is -2.33. The zero-order valence-corrected chi connectivity index (χ0v) is 8.15. The average molecular weight is 180 g/mol. The number of aliphatic hydroxyl groups is 1. The van der Waals surface area contributed by atoms with Crippen LogP contribution in [0.25, 0.3) is 0 Å². The lowest BCUT2D eigenvalue weighted by molar-refractivity contribution is 0.234. The van der Waals surface area contributed by atoms with Gasteiger partial charge in [0.05, 0.1) is 0 Å². The average Bonchev–Trinajstić information content (AvgIpc) is 2.56. The molecule has 0 aromatic rings. The van der Waals surface area contributed by atoms with Crippen LogP contribution in [0.3, 0.4) is 0 Å². The third-order valence-electron chi connectivity index (χ3n) is 2.95. The Balaban J connectivity index is 2.33. The highest BCUT2D eigenvalue weighted by Gasteiger charge is 2.28. The monoisotopic (exact) mass is 180 g/mol. The van der Waals surface area contributed by atoms with Crippen molar-refractivity contribution in [1.82, 2.24) is 10.9 Å². The minimum absolute atomic E-state index is 0.299. The van der Waals surface area contributed by atoms with Crippen molar-refractivity contribution in [3.8, 4) is 0 Å². The van der Waals surface area contributed by atoms with E-state index in [2.05, 4.69) is 24.7 Å². The van der Waals surface area contributed by atoms with Crippen molar-refractivity contribution in [3.05, 3.63) is 22.5 Å². The summed E-state index contributed by atoms with van der Waals surface area (Å²) >= 11 is 0.